The van der Waals surface area contributed by atoms with E-state index < -0.39 is 6.10 Å². The predicted molar refractivity (Wildman–Crippen MR) is 111 cm³/mol. The number of ether oxygens (including phenoxy) is 2. The van der Waals surface area contributed by atoms with E-state index in [1.165, 1.54) is 0 Å². The molecule has 1 aliphatic rings. The van der Waals surface area contributed by atoms with Crippen LogP contribution in [0.2, 0.25) is 10.0 Å². The zero-order chi connectivity index (χ0) is 19.7. The maximum Gasteiger partial charge on any atom is 0.178 e. The lowest BCUT2D eigenvalue weighted by molar-refractivity contribution is 0.0829. The summed E-state index contributed by atoms with van der Waals surface area (Å²) in [7, 11) is 3.26. The fourth-order valence-corrected chi connectivity index (χ4v) is 3.84. The Morgan fingerprint density at radius 1 is 0.857 bits per heavy atom. The molecule has 4 nitrogen and oxygen atoms in total. The van der Waals surface area contributed by atoms with Gasteiger partial charge in [-0.15, -0.1) is 0 Å². The van der Waals surface area contributed by atoms with Crippen LogP contribution in [0.3, 0.4) is 0 Å². The van der Waals surface area contributed by atoms with E-state index in [2.05, 4.69) is 5.16 Å². The molecule has 28 heavy (non-hydrogen) atoms. The van der Waals surface area contributed by atoms with Crippen molar-refractivity contribution >= 4 is 28.9 Å². The molecule has 0 radical (unpaired) electrons. The zero-order valence-electron chi connectivity index (χ0n) is 15.3. The summed E-state index contributed by atoms with van der Waals surface area (Å²) in [4.78, 5) is 5.93. The Morgan fingerprint density at radius 2 is 1.54 bits per heavy atom. The molecule has 1 unspecified atom stereocenters. The maximum absolute atomic E-state index is 6.42. The molecule has 3 aromatic carbocycles. The average Bonchev–Trinajstić information content (AvgIpc) is 2.73. The Balaban J connectivity index is 1.88. The fourth-order valence-electron chi connectivity index (χ4n) is 3.26. The Morgan fingerprint density at radius 3 is 2.25 bits per heavy atom. The highest BCUT2D eigenvalue weighted by Crippen LogP contribution is 2.39. The molecule has 142 valence electrons. The standard InChI is InChI=1S/C22H17Cl2NO3/c1-26-14-6-3-5-13(11-14)22-17-12-15(27-2)9-10-16(17)21(25-28-22)20-18(23)7-4-8-19(20)24/h3-12,22H,1-2H3. The van der Waals surface area contributed by atoms with Gasteiger partial charge in [-0.2, -0.15) is 0 Å². The normalized spacial score (nSPS) is 15.3. The van der Waals surface area contributed by atoms with Crippen molar-refractivity contribution in [2.75, 3.05) is 14.2 Å². The second-order valence-corrected chi connectivity index (χ2v) is 7.07. The van der Waals surface area contributed by atoms with Gasteiger partial charge in [0.2, 0.25) is 0 Å². The van der Waals surface area contributed by atoms with Gasteiger partial charge in [0, 0.05) is 22.3 Å². The van der Waals surface area contributed by atoms with Crippen LogP contribution in [0.1, 0.15) is 28.4 Å². The van der Waals surface area contributed by atoms with Crippen molar-refractivity contribution < 1.29 is 14.3 Å². The van der Waals surface area contributed by atoms with Gasteiger partial charge in [0.25, 0.3) is 0 Å². The van der Waals surface area contributed by atoms with Crippen molar-refractivity contribution in [1.29, 1.82) is 0 Å². The van der Waals surface area contributed by atoms with Crippen LogP contribution in [0.15, 0.2) is 65.8 Å². The van der Waals surface area contributed by atoms with Crippen LogP contribution in [0.4, 0.5) is 0 Å². The number of rotatable bonds is 4. The molecule has 1 atom stereocenters. The number of halogens is 2. The van der Waals surface area contributed by atoms with Gasteiger partial charge in [0.1, 0.15) is 17.2 Å². The van der Waals surface area contributed by atoms with Crippen LogP contribution in [0, 0.1) is 0 Å². The molecule has 0 spiro atoms. The maximum atomic E-state index is 6.42. The van der Waals surface area contributed by atoms with Crippen LogP contribution < -0.4 is 9.47 Å². The Hall–Kier alpha value is -2.69. The first-order valence-electron chi connectivity index (χ1n) is 8.63. The third kappa shape index (κ3) is 3.30. The van der Waals surface area contributed by atoms with E-state index in [0.717, 1.165) is 28.2 Å². The van der Waals surface area contributed by atoms with Crippen molar-refractivity contribution in [3.8, 4) is 11.5 Å². The fraction of sp³-hybridized carbons (Fsp3) is 0.136. The molecule has 0 bridgehead atoms. The molecule has 0 fully saturated rings. The van der Waals surface area contributed by atoms with Crippen molar-refractivity contribution in [1.82, 2.24) is 0 Å². The SMILES string of the molecule is COc1cccc(C2ON=C(c3c(Cl)cccc3Cl)c3ccc(OC)cc32)c1. The van der Waals surface area contributed by atoms with Crippen molar-refractivity contribution in [3.63, 3.8) is 0 Å². The second kappa shape index (κ2) is 7.74. The lowest BCUT2D eigenvalue weighted by Gasteiger charge is -2.26. The number of oxime groups is 1. The lowest BCUT2D eigenvalue weighted by Crippen LogP contribution is -2.19. The summed E-state index contributed by atoms with van der Waals surface area (Å²) < 4.78 is 10.8. The summed E-state index contributed by atoms with van der Waals surface area (Å²) in [6.45, 7) is 0. The van der Waals surface area contributed by atoms with Gasteiger partial charge in [-0.05, 0) is 42.5 Å². The number of benzene rings is 3. The average molecular weight is 414 g/mol. The molecule has 1 aliphatic heterocycles. The van der Waals surface area contributed by atoms with Gasteiger partial charge in [0.05, 0.1) is 24.3 Å². The van der Waals surface area contributed by atoms with Gasteiger partial charge in [0.15, 0.2) is 6.10 Å². The van der Waals surface area contributed by atoms with E-state index in [-0.39, 0.29) is 0 Å². The van der Waals surface area contributed by atoms with E-state index in [1.54, 1.807) is 32.4 Å². The monoisotopic (exact) mass is 413 g/mol. The first kappa shape index (κ1) is 18.7. The topological polar surface area (TPSA) is 40.0 Å². The quantitative estimate of drug-likeness (QED) is 0.535. The van der Waals surface area contributed by atoms with E-state index in [9.17, 15) is 0 Å². The third-order valence-corrected chi connectivity index (χ3v) is 5.27. The van der Waals surface area contributed by atoms with Gasteiger partial charge >= 0.3 is 0 Å². The van der Waals surface area contributed by atoms with E-state index in [0.29, 0.717) is 21.3 Å². The highest BCUT2D eigenvalue weighted by molar-refractivity contribution is 6.41. The number of fused-ring (bicyclic) bond motifs is 1. The number of methoxy groups -OCH3 is 2. The first-order chi connectivity index (χ1) is 13.6. The number of hydrogen-bond acceptors (Lipinski definition) is 4. The van der Waals surface area contributed by atoms with Crippen molar-refractivity contribution in [3.05, 3.63) is 93.0 Å². The summed E-state index contributed by atoms with van der Waals surface area (Å²) in [6.07, 6.45) is -0.412. The first-order valence-corrected chi connectivity index (χ1v) is 9.38. The molecule has 0 amide bonds. The summed E-state index contributed by atoms with van der Waals surface area (Å²) in [6, 6.07) is 18.8. The Bertz CT molecular complexity index is 1050. The number of hydrogen-bond donors (Lipinski definition) is 0. The second-order valence-electron chi connectivity index (χ2n) is 6.25. The highest BCUT2D eigenvalue weighted by Gasteiger charge is 2.29. The van der Waals surface area contributed by atoms with Gasteiger partial charge in [-0.3, -0.25) is 0 Å². The lowest BCUT2D eigenvalue weighted by atomic mass is 9.90. The summed E-state index contributed by atoms with van der Waals surface area (Å²) >= 11 is 12.8. The molecule has 1 heterocycles. The molecular weight excluding hydrogens is 397 g/mol. The molecule has 6 heteroatoms. The minimum absolute atomic E-state index is 0.412. The predicted octanol–water partition coefficient (Wildman–Crippen LogP) is 5.88. The summed E-state index contributed by atoms with van der Waals surface area (Å²) in [5, 5.41) is 5.42. The van der Waals surface area contributed by atoms with E-state index in [1.807, 2.05) is 42.5 Å². The smallest absolute Gasteiger partial charge is 0.178 e. The van der Waals surface area contributed by atoms with Crippen molar-refractivity contribution in [2.24, 2.45) is 5.16 Å². The molecule has 0 saturated carbocycles. The minimum Gasteiger partial charge on any atom is -0.497 e. The van der Waals surface area contributed by atoms with Gasteiger partial charge in [-0.25, -0.2) is 0 Å². The van der Waals surface area contributed by atoms with Crippen LogP contribution >= 0.6 is 23.2 Å². The van der Waals surface area contributed by atoms with E-state index in [4.69, 9.17) is 37.5 Å². The van der Waals surface area contributed by atoms with Crippen LogP contribution in [0.5, 0.6) is 11.5 Å². The summed E-state index contributed by atoms with van der Waals surface area (Å²) in [5.74, 6) is 1.47. The Kier molecular flexibility index (Phi) is 5.16. The number of nitrogens with zero attached hydrogens (tertiary/aromatic N) is 1. The zero-order valence-corrected chi connectivity index (χ0v) is 16.8. The molecule has 4 rings (SSSR count). The highest BCUT2D eigenvalue weighted by atomic mass is 35.5. The molecular formula is C22H17Cl2NO3. The van der Waals surface area contributed by atoms with Gasteiger partial charge < -0.3 is 14.3 Å². The molecule has 0 aliphatic carbocycles. The van der Waals surface area contributed by atoms with Crippen molar-refractivity contribution in [2.45, 2.75) is 6.10 Å². The third-order valence-electron chi connectivity index (χ3n) is 4.64. The van der Waals surface area contributed by atoms with Crippen LogP contribution in [-0.4, -0.2) is 19.9 Å². The largest absolute Gasteiger partial charge is 0.497 e. The van der Waals surface area contributed by atoms with Crippen LogP contribution in [0.25, 0.3) is 0 Å². The van der Waals surface area contributed by atoms with E-state index >= 15 is 0 Å². The van der Waals surface area contributed by atoms with Crippen LogP contribution in [-0.2, 0) is 4.84 Å². The van der Waals surface area contributed by atoms with Gasteiger partial charge in [-0.1, -0.05) is 46.6 Å². The molecule has 3 aromatic rings. The molecule has 0 N–H and O–H groups in total. The molecule has 0 saturated heterocycles. The summed E-state index contributed by atoms with van der Waals surface area (Å²) in [5.41, 5.74) is 3.94. The Labute approximate surface area is 173 Å². The molecule has 0 aromatic heterocycles. The minimum atomic E-state index is -0.412.